The van der Waals surface area contributed by atoms with Crippen LogP contribution in [0.1, 0.15) is 166 Å². The number of nitrogens with one attached hydrogen (secondary N) is 2. The SMILES string of the molecule is CC(C)(C)OC(=O)CCCCC[C@H](NC(=O)OCC1c2ccccc2-c2ccccc21)C(=O)ON1C(=O)CCC1=O.CC(C)(C)O[C@H](O)CCCCC[C@H](NC(=O)OCC1c2ccccc2-c2ccccc21)C(=O)O.O=C1CCC(=O)N1O. The highest BCUT2D eigenvalue weighted by molar-refractivity contribution is 6.02. The minimum atomic E-state index is -1.16. The van der Waals surface area contributed by atoms with Crippen LogP contribution in [0.25, 0.3) is 22.3 Å². The fourth-order valence-corrected chi connectivity index (χ4v) is 9.95. The van der Waals surface area contributed by atoms with E-state index in [4.69, 9.17) is 29.0 Å². The van der Waals surface area contributed by atoms with Gasteiger partial charge in [-0.25, -0.2) is 19.2 Å². The van der Waals surface area contributed by atoms with Crippen LogP contribution in [-0.4, -0.2) is 122 Å². The molecule has 0 unspecified atom stereocenters. The molecule has 21 heteroatoms. The first-order chi connectivity index (χ1) is 39.4. The Morgan fingerprint density at radius 1 is 0.542 bits per heavy atom. The van der Waals surface area contributed by atoms with E-state index in [1.54, 1.807) is 20.8 Å². The van der Waals surface area contributed by atoms with Crippen molar-refractivity contribution >= 4 is 53.7 Å². The second-order valence-corrected chi connectivity index (χ2v) is 22.5. The van der Waals surface area contributed by atoms with Gasteiger partial charge in [0, 0.05) is 43.9 Å². The molecule has 2 aliphatic heterocycles. The van der Waals surface area contributed by atoms with Crippen LogP contribution in [0.2, 0.25) is 0 Å². The summed E-state index contributed by atoms with van der Waals surface area (Å²) in [5.41, 5.74) is 7.76. The van der Waals surface area contributed by atoms with Gasteiger partial charge in [-0.05, 0) is 118 Å². The van der Waals surface area contributed by atoms with Gasteiger partial charge in [-0.3, -0.25) is 29.2 Å². The molecule has 8 rings (SSSR count). The molecule has 4 aromatic carbocycles. The Bertz CT molecular complexity index is 2840. The number of amides is 6. The third kappa shape index (κ3) is 19.0. The number of unbranched alkanes of at least 4 members (excludes halogenated alkanes) is 4. The summed E-state index contributed by atoms with van der Waals surface area (Å²) in [7, 11) is 0. The lowest BCUT2D eigenvalue weighted by Crippen LogP contribution is -2.45. The zero-order chi connectivity index (χ0) is 60.4. The molecule has 2 heterocycles. The summed E-state index contributed by atoms with van der Waals surface area (Å²) < 4.78 is 21.8. The Kier molecular flexibility index (Phi) is 23.0. The van der Waals surface area contributed by atoms with Crippen molar-refractivity contribution in [2.24, 2.45) is 0 Å². The average Bonchev–Trinajstić information content (AvgIpc) is 3.89. The minimum absolute atomic E-state index is 0.0404. The molecule has 3 atom stereocenters. The molecule has 0 saturated carbocycles. The second kappa shape index (κ2) is 29.8. The molecule has 21 nitrogen and oxygen atoms in total. The molecule has 83 heavy (non-hydrogen) atoms. The second-order valence-electron chi connectivity index (χ2n) is 22.5. The first kappa shape index (κ1) is 64.2. The molecular formula is C62H76N4O17. The first-order valence-corrected chi connectivity index (χ1v) is 28.1. The van der Waals surface area contributed by atoms with Gasteiger partial charge < -0.3 is 44.6 Å². The lowest BCUT2D eigenvalue weighted by atomic mass is 9.98. The first-order valence-electron chi connectivity index (χ1n) is 28.1. The molecule has 6 amide bonds. The summed E-state index contributed by atoms with van der Waals surface area (Å²) in [6.45, 7) is 11.2. The monoisotopic (exact) mass is 1150 g/mol. The van der Waals surface area contributed by atoms with Crippen molar-refractivity contribution in [1.82, 2.24) is 20.8 Å². The van der Waals surface area contributed by atoms with Crippen LogP contribution in [-0.2, 0) is 57.3 Å². The van der Waals surface area contributed by atoms with E-state index in [-0.39, 0.29) is 81.0 Å². The van der Waals surface area contributed by atoms with Crippen LogP contribution < -0.4 is 10.6 Å². The van der Waals surface area contributed by atoms with Gasteiger partial charge in [0.1, 0.15) is 30.9 Å². The van der Waals surface area contributed by atoms with Gasteiger partial charge in [-0.1, -0.05) is 123 Å². The van der Waals surface area contributed by atoms with E-state index in [2.05, 4.69) is 22.8 Å². The number of aliphatic hydroxyl groups is 1. The van der Waals surface area contributed by atoms with Gasteiger partial charge in [0.25, 0.3) is 23.6 Å². The minimum Gasteiger partial charge on any atom is -0.480 e. The number of alkyl carbamates (subject to hydrolysis) is 2. The Balaban J connectivity index is 0.000000237. The number of carboxylic acid groups (broad SMARTS) is 1. The lowest BCUT2D eigenvalue weighted by Gasteiger charge is -2.24. The molecule has 2 saturated heterocycles. The smallest absolute Gasteiger partial charge is 0.407 e. The number of aliphatic hydroxyl groups excluding tert-OH is 1. The largest absolute Gasteiger partial charge is 0.480 e. The van der Waals surface area contributed by atoms with Gasteiger partial charge in [-0.15, -0.1) is 5.06 Å². The number of aliphatic carboxylic acids is 1. The van der Waals surface area contributed by atoms with E-state index in [1.807, 2.05) is 106 Å². The van der Waals surface area contributed by atoms with E-state index in [0.29, 0.717) is 43.6 Å². The summed E-state index contributed by atoms with van der Waals surface area (Å²) in [5.74, 6) is -4.81. The highest BCUT2D eigenvalue weighted by Crippen LogP contribution is 2.46. The van der Waals surface area contributed by atoms with E-state index in [1.165, 1.54) is 0 Å². The number of ether oxygens (including phenoxy) is 4. The average molecular weight is 1150 g/mol. The topological polar surface area (TPSA) is 291 Å². The van der Waals surface area contributed by atoms with Gasteiger partial charge in [0.15, 0.2) is 6.29 Å². The molecular weight excluding hydrogens is 1070 g/mol. The number of benzene rings is 4. The third-order valence-electron chi connectivity index (χ3n) is 13.8. The molecule has 0 spiro atoms. The maximum atomic E-state index is 12.9. The summed E-state index contributed by atoms with van der Waals surface area (Å²) in [6.07, 6.45) is 2.58. The van der Waals surface area contributed by atoms with Crippen LogP contribution >= 0.6 is 0 Å². The van der Waals surface area contributed by atoms with E-state index in [0.717, 1.165) is 50.9 Å². The highest BCUT2D eigenvalue weighted by Gasteiger charge is 2.37. The zero-order valence-electron chi connectivity index (χ0n) is 47.9. The normalized spacial score (nSPS) is 15.5. The maximum Gasteiger partial charge on any atom is 0.407 e. The van der Waals surface area contributed by atoms with Crippen molar-refractivity contribution in [3.8, 4) is 22.3 Å². The summed E-state index contributed by atoms with van der Waals surface area (Å²) in [6, 6.07) is 29.8. The number of carboxylic acids is 1. The van der Waals surface area contributed by atoms with E-state index >= 15 is 0 Å². The van der Waals surface area contributed by atoms with Gasteiger partial charge >= 0.3 is 30.1 Å². The predicted octanol–water partition coefficient (Wildman–Crippen LogP) is 9.38. The number of carbonyl (C=O) groups is 9. The molecule has 2 aliphatic carbocycles. The maximum absolute atomic E-state index is 12.9. The molecule has 2 fully saturated rings. The number of nitrogens with zero attached hydrogens (tertiary/aromatic N) is 2. The van der Waals surface area contributed by atoms with Crippen LogP contribution in [0.3, 0.4) is 0 Å². The van der Waals surface area contributed by atoms with Crippen molar-refractivity contribution in [3.63, 3.8) is 0 Å². The quantitative estimate of drug-likeness (QED) is 0.0122. The van der Waals surface area contributed by atoms with E-state index in [9.17, 15) is 53.4 Å². The summed E-state index contributed by atoms with van der Waals surface area (Å²) >= 11 is 0. The highest BCUT2D eigenvalue weighted by atomic mass is 16.7. The number of imide groups is 2. The number of hydrogen-bond donors (Lipinski definition) is 5. The van der Waals surface area contributed by atoms with E-state index < -0.39 is 77.3 Å². The van der Waals surface area contributed by atoms with Crippen molar-refractivity contribution in [2.45, 2.75) is 173 Å². The third-order valence-corrected chi connectivity index (χ3v) is 13.8. The molecule has 4 aliphatic rings. The summed E-state index contributed by atoms with van der Waals surface area (Å²) in [5, 5.41) is 33.4. The Labute approximate surface area is 482 Å². The Morgan fingerprint density at radius 3 is 1.33 bits per heavy atom. The fourth-order valence-electron chi connectivity index (χ4n) is 9.95. The number of rotatable bonds is 22. The fraction of sp³-hybridized carbons (Fsp3) is 0.468. The molecule has 446 valence electrons. The number of hydroxylamine groups is 4. The number of carbonyl (C=O) groups excluding carboxylic acids is 8. The Hall–Kier alpha value is -8.01. The molecule has 5 N–H and O–H groups in total. The van der Waals surface area contributed by atoms with Crippen molar-refractivity contribution in [3.05, 3.63) is 119 Å². The van der Waals surface area contributed by atoms with Crippen LogP contribution in [0.15, 0.2) is 97.1 Å². The standard InChI is InChI=1S/C31H36N2O8.C27H35NO6.C4H5NO3/c1-31(2,3)40-28(36)16-6-4-5-15-25(29(37)41-33-26(34)17-18-27(33)35)32-30(38)39-19-24-22-13-9-7-11-20(22)21-12-8-10-14-23(21)24;1-27(2,3)34-24(29)16-6-4-5-15-23(25(30)31)28-26(32)33-17-22-20-13-9-7-11-18(20)19-12-8-10-14-21(19)22;6-3-1-2-4(7)5(3)8/h7-14,24-25H,4-6,15-19H2,1-3H3,(H,32,38);7-14,22-24,29H,4-6,15-17H2,1-3H3,(H,28,32)(H,30,31);8H,1-2H2/t25-;23-,24-;/m00./s1. The number of fused-ring (bicyclic) bond motifs is 6. The molecule has 4 aromatic rings. The molecule has 0 bridgehead atoms. The van der Waals surface area contributed by atoms with Gasteiger partial charge in [0.05, 0.1) is 5.60 Å². The zero-order valence-corrected chi connectivity index (χ0v) is 47.9. The molecule has 0 radical (unpaired) electrons. The van der Waals surface area contributed by atoms with Crippen LogP contribution in [0.5, 0.6) is 0 Å². The van der Waals surface area contributed by atoms with Crippen molar-refractivity contribution < 1.29 is 82.4 Å². The summed E-state index contributed by atoms with van der Waals surface area (Å²) in [4.78, 5) is 111. The predicted molar refractivity (Wildman–Crippen MR) is 301 cm³/mol. The van der Waals surface area contributed by atoms with Crippen LogP contribution in [0, 0.1) is 0 Å². The molecule has 0 aromatic heterocycles. The lowest BCUT2D eigenvalue weighted by molar-refractivity contribution is -0.199. The van der Waals surface area contributed by atoms with Gasteiger partial charge in [-0.2, -0.15) is 5.06 Å². The van der Waals surface area contributed by atoms with Crippen LogP contribution in [0.4, 0.5) is 9.59 Å². The number of hydrogen-bond acceptors (Lipinski definition) is 16. The van der Waals surface area contributed by atoms with Crippen molar-refractivity contribution in [2.75, 3.05) is 13.2 Å². The number of esters is 1. The Morgan fingerprint density at radius 2 is 0.928 bits per heavy atom. The van der Waals surface area contributed by atoms with Gasteiger partial charge in [0.2, 0.25) is 0 Å². The van der Waals surface area contributed by atoms with Crippen molar-refractivity contribution in [1.29, 1.82) is 0 Å².